The fourth-order valence-corrected chi connectivity index (χ4v) is 3.95. The summed E-state index contributed by atoms with van der Waals surface area (Å²) in [6, 6.07) is 11.2. The van der Waals surface area contributed by atoms with E-state index in [1.54, 1.807) is 0 Å². The second kappa shape index (κ2) is 8.52. The standard InChI is InChI=1S/C20H30N2O2/c1-15(17-10-6-3-7-11-17)21-18-12-19(13-18)22-20(23)24-14-16-8-4-2-5-9-16/h2,4-5,8-9,15,17-19,21H,3,6-7,10-14H2,1H3,(H,22,23)/t15-,18?,19?/m0/s1. The smallest absolute Gasteiger partial charge is 0.407 e. The Morgan fingerprint density at radius 1 is 1.12 bits per heavy atom. The predicted molar refractivity (Wildman–Crippen MR) is 95.7 cm³/mol. The average molecular weight is 330 g/mol. The minimum Gasteiger partial charge on any atom is -0.445 e. The Kier molecular flexibility index (Phi) is 6.13. The van der Waals surface area contributed by atoms with Crippen LogP contribution in [0.4, 0.5) is 4.79 Å². The number of rotatable bonds is 6. The molecule has 1 atom stereocenters. The first-order chi connectivity index (χ1) is 11.7. The third-order valence-corrected chi connectivity index (χ3v) is 5.53. The first kappa shape index (κ1) is 17.3. The summed E-state index contributed by atoms with van der Waals surface area (Å²) in [5.41, 5.74) is 1.02. The highest BCUT2D eigenvalue weighted by molar-refractivity contribution is 5.67. The largest absolute Gasteiger partial charge is 0.445 e. The van der Waals surface area contributed by atoms with Crippen LogP contribution < -0.4 is 10.6 Å². The molecule has 0 radical (unpaired) electrons. The van der Waals surface area contributed by atoms with E-state index >= 15 is 0 Å². The highest BCUT2D eigenvalue weighted by Crippen LogP contribution is 2.28. The lowest BCUT2D eigenvalue weighted by Gasteiger charge is -2.40. The van der Waals surface area contributed by atoms with Crippen LogP contribution in [0.2, 0.25) is 0 Å². The molecule has 132 valence electrons. The van der Waals surface area contributed by atoms with Gasteiger partial charge in [-0.1, -0.05) is 49.6 Å². The summed E-state index contributed by atoms with van der Waals surface area (Å²) in [4.78, 5) is 11.8. The van der Waals surface area contributed by atoms with E-state index in [1.807, 2.05) is 30.3 Å². The summed E-state index contributed by atoms with van der Waals surface area (Å²) in [5, 5.41) is 6.72. The molecule has 2 fully saturated rings. The maximum absolute atomic E-state index is 11.8. The molecule has 0 spiro atoms. The van der Waals surface area contributed by atoms with Gasteiger partial charge in [0.15, 0.2) is 0 Å². The number of hydrogen-bond acceptors (Lipinski definition) is 3. The van der Waals surface area contributed by atoms with Gasteiger partial charge in [0.25, 0.3) is 0 Å². The zero-order valence-electron chi connectivity index (χ0n) is 14.7. The molecule has 0 aromatic heterocycles. The minimum absolute atomic E-state index is 0.254. The number of hydrogen-bond donors (Lipinski definition) is 2. The van der Waals surface area contributed by atoms with E-state index in [9.17, 15) is 4.79 Å². The third kappa shape index (κ3) is 4.97. The van der Waals surface area contributed by atoms with Crippen molar-refractivity contribution in [1.82, 2.24) is 10.6 Å². The van der Waals surface area contributed by atoms with Crippen molar-refractivity contribution in [3.63, 3.8) is 0 Å². The number of alkyl carbamates (subject to hydrolysis) is 1. The number of benzene rings is 1. The number of ether oxygens (including phenoxy) is 1. The Hall–Kier alpha value is -1.55. The summed E-state index contributed by atoms with van der Waals surface area (Å²) in [6.45, 7) is 2.66. The summed E-state index contributed by atoms with van der Waals surface area (Å²) < 4.78 is 5.28. The monoisotopic (exact) mass is 330 g/mol. The molecular weight excluding hydrogens is 300 g/mol. The maximum atomic E-state index is 11.8. The lowest BCUT2D eigenvalue weighted by Crippen LogP contribution is -2.55. The molecule has 2 N–H and O–H groups in total. The molecule has 1 amide bonds. The predicted octanol–water partition coefficient (Wildman–Crippen LogP) is 4.00. The van der Waals surface area contributed by atoms with Crippen LogP contribution in [-0.2, 0) is 11.3 Å². The van der Waals surface area contributed by atoms with Crippen molar-refractivity contribution >= 4 is 6.09 Å². The van der Waals surface area contributed by atoms with Crippen LogP contribution in [0.15, 0.2) is 30.3 Å². The second-order valence-corrected chi connectivity index (χ2v) is 7.42. The van der Waals surface area contributed by atoms with Gasteiger partial charge in [-0.15, -0.1) is 0 Å². The van der Waals surface area contributed by atoms with Crippen LogP contribution in [0.3, 0.4) is 0 Å². The quantitative estimate of drug-likeness (QED) is 0.829. The van der Waals surface area contributed by atoms with Gasteiger partial charge in [-0.05, 0) is 44.1 Å². The van der Waals surface area contributed by atoms with Gasteiger partial charge in [0, 0.05) is 18.1 Å². The maximum Gasteiger partial charge on any atom is 0.407 e. The van der Waals surface area contributed by atoms with Crippen molar-refractivity contribution < 1.29 is 9.53 Å². The van der Waals surface area contributed by atoms with Crippen LogP contribution in [-0.4, -0.2) is 24.2 Å². The van der Waals surface area contributed by atoms with Crippen molar-refractivity contribution in [2.75, 3.05) is 0 Å². The lowest BCUT2D eigenvalue weighted by atomic mass is 9.81. The molecule has 2 saturated carbocycles. The number of amides is 1. The Labute approximate surface area is 145 Å². The molecule has 4 nitrogen and oxygen atoms in total. The van der Waals surface area contributed by atoms with Crippen molar-refractivity contribution in [1.29, 1.82) is 0 Å². The van der Waals surface area contributed by atoms with Gasteiger partial charge in [0.05, 0.1) is 0 Å². The van der Waals surface area contributed by atoms with Crippen LogP contribution in [0, 0.1) is 5.92 Å². The summed E-state index contributed by atoms with van der Waals surface area (Å²) >= 11 is 0. The van der Waals surface area contributed by atoms with E-state index < -0.39 is 0 Å². The van der Waals surface area contributed by atoms with Crippen molar-refractivity contribution in [2.45, 2.75) is 76.6 Å². The van der Waals surface area contributed by atoms with Gasteiger partial charge < -0.3 is 15.4 Å². The van der Waals surface area contributed by atoms with Crippen LogP contribution in [0.5, 0.6) is 0 Å². The zero-order chi connectivity index (χ0) is 16.8. The minimum atomic E-state index is -0.303. The highest BCUT2D eigenvalue weighted by atomic mass is 16.5. The molecule has 24 heavy (non-hydrogen) atoms. The van der Waals surface area contributed by atoms with Gasteiger partial charge >= 0.3 is 6.09 Å². The van der Waals surface area contributed by atoms with Gasteiger partial charge in [0.2, 0.25) is 0 Å². The molecular formula is C20H30N2O2. The molecule has 1 aromatic carbocycles. The summed E-state index contributed by atoms with van der Waals surface area (Å²) in [5.74, 6) is 0.835. The number of carbonyl (C=O) groups excluding carboxylic acids is 1. The molecule has 1 aromatic rings. The van der Waals surface area contributed by atoms with E-state index in [4.69, 9.17) is 4.74 Å². The van der Waals surface area contributed by atoms with E-state index in [0.717, 1.165) is 24.3 Å². The molecule has 0 unspecified atom stereocenters. The van der Waals surface area contributed by atoms with Gasteiger partial charge in [-0.3, -0.25) is 0 Å². The summed E-state index contributed by atoms with van der Waals surface area (Å²) in [7, 11) is 0. The molecule has 2 aliphatic rings. The van der Waals surface area contributed by atoms with Crippen molar-refractivity contribution in [3.05, 3.63) is 35.9 Å². The average Bonchev–Trinajstić information content (AvgIpc) is 2.59. The van der Waals surface area contributed by atoms with E-state index in [2.05, 4.69) is 17.6 Å². The summed E-state index contributed by atoms with van der Waals surface area (Å²) in [6.07, 6.45) is 8.64. The highest BCUT2D eigenvalue weighted by Gasteiger charge is 2.32. The molecule has 0 saturated heterocycles. The lowest BCUT2D eigenvalue weighted by molar-refractivity contribution is 0.122. The Morgan fingerprint density at radius 3 is 2.54 bits per heavy atom. The Bertz CT molecular complexity index is 508. The molecule has 0 heterocycles. The van der Waals surface area contributed by atoms with Crippen molar-refractivity contribution in [2.24, 2.45) is 5.92 Å². The van der Waals surface area contributed by atoms with E-state index in [-0.39, 0.29) is 12.1 Å². The zero-order valence-corrected chi connectivity index (χ0v) is 14.7. The molecule has 3 rings (SSSR count). The second-order valence-electron chi connectivity index (χ2n) is 7.42. The Morgan fingerprint density at radius 2 is 1.83 bits per heavy atom. The number of carbonyl (C=O) groups is 1. The van der Waals surface area contributed by atoms with E-state index in [0.29, 0.717) is 18.7 Å². The third-order valence-electron chi connectivity index (χ3n) is 5.53. The van der Waals surface area contributed by atoms with Crippen LogP contribution in [0.1, 0.15) is 57.4 Å². The number of nitrogens with one attached hydrogen (secondary N) is 2. The van der Waals surface area contributed by atoms with E-state index in [1.165, 1.54) is 32.1 Å². The van der Waals surface area contributed by atoms with Crippen LogP contribution in [0.25, 0.3) is 0 Å². The molecule has 0 aliphatic heterocycles. The van der Waals surface area contributed by atoms with Gasteiger partial charge in [-0.2, -0.15) is 0 Å². The first-order valence-electron chi connectivity index (χ1n) is 9.44. The van der Waals surface area contributed by atoms with Gasteiger partial charge in [0.1, 0.15) is 6.61 Å². The SMILES string of the molecule is C[C@H](NC1CC(NC(=O)OCc2ccccc2)C1)C1CCCCC1. The topological polar surface area (TPSA) is 50.4 Å². The molecule has 0 bridgehead atoms. The van der Waals surface area contributed by atoms with Crippen LogP contribution >= 0.6 is 0 Å². The normalized spacial score (nSPS) is 25.5. The van der Waals surface area contributed by atoms with Crippen molar-refractivity contribution in [3.8, 4) is 0 Å². The molecule has 4 heteroatoms. The Balaban J connectivity index is 1.29. The first-order valence-corrected chi connectivity index (χ1v) is 9.44. The fraction of sp³-hybridized carbons (Fsp3) is 0.650. The molecule has 2 aliphatic carbocycles. The fourth-order valence-electron chi connectivity index (χ4n) is 3.95. The van der Waals surface area contributed by atoms with Gasteiger partial charge in [-0.25, -0.2) is 4.79 Å².